The van der Waals surface area contributed by atoms with Gasteiger partial charge in [-0.25, -0.2) is 4.98 Å². The Balaban J connectivity index is 2.46. The number of nitrogens with zero attached hydrogens (tertiary/aromatic N) is 2. The van der Waals surface area contributed by atoms with Gasteiger partial charge in [-0.3, -0.25) is 4.98 Å². The van der Waals surface area contributed by atoms with E-state index in [-0.39, 0.29) is 0 Å². The summed E-state index contributed by atoms with van der Waals surface area (Å²) < 4.78 is 0. The lowest BCUT2D eigenvalue weighted by molar-refractivity contribution is 1.26. The Bertz CT molecular complexity index is 466. The zero-order valence-electron chi connectivity index (χ0n) is 7.59. The van der Waals surface area contributed by atoms with Gasteiger partial charge in [-0.2, -0.15) is 12.6 Å². The van der Waals surface area contributed by atoms with Crippen molar-refractivity contribution in [1.29, 1.82) is 0 Å². The maximum absolute atomic E-state index is 4.43. The Labute approximate surface area is 88.1 Å². The quantitative estimate of drug-likeness (QED) is 0.757. The van der Waals surface area contributed by atoms with Crippen LogP contribution in [-0.4, -0.2) is 15.7 Å². The van der Waals surface area contributed by atoms with E-state index in [4.69, 9.17) is 0 Å². The van der Waals surface area contributed by atoms with Gasteiger partial charge in [-0.15, -0.1) is 0 Å². The number of fused-ring (bicyclic) bond motifs is 1. The Hall–Kier alpha value is -1.35. The number of aromatic nitrogens is 2. The third-order valence-corrected chi connectivity index (χ3v) is 2.07. The highest BCUT2D eigenvalue weighted by molar-refractivity contribution is 7.80. The minimum absolute atomic E-state index is 0.717. The van der Waals surface area contributed by atoms with Crippen molar-refractivity contribution in [2.75, 3.05) is 5.75 Å². The number of thiol groups is 1. The molecule has 0 fully saturated rings. The molecule has 0 aliphatic carbocycles. The van der Waals surface area contributed by atoms with Crippen LogP contribution >= 0.6 is 12.6 Å². The van der Waals surface area contributed by atoms with E-state index in [0.717, 1.165) is 16.7 Å². The monoisotopic (exact) mass is 202 g/mol. The molecule has 0 aliphatic rings. The van der Waals surface area contributed by atoms with Crippen LogP contribution in [-0.2, 0) is 0 Å². The fourth-order valence-electron chi connectivity index (χ4n) is 1.23. The summed E-state index contributed by atoms with van der Waals surface area (Å²) in [6, 6.07) is 7.83. The van der Waals surface area contributed by atoms with E-state index in [1.165, 1.54) is 0 Å². The SMILES string of the molecule is SCC=Cc1cnc2ccccc2n1. The molecule has 1 aromatic heterocycles. The molecule has 2 rings (SSSR count). The molecule has 0 aliphatic heterocycles. The van der Waals surface area contributed by atoms with Crippen molar-refractivity contribution in [2.45, 2.75) is 0 Å². The van der Waals surface area contributed by atoms with E-state index in [9.17, 15) is 0 Å². The van der Waals surface area contributed by atoms with E-state index < -0.39 is 0 Å². The summed E-state index contributed by atoms with van der Waals surface area (Å²) in [5.74, 6) is 0.717. The van der Waals surface area contributed by atoms with Gasteiger partial charge >= 0.3 is 0 Å². The molecule has 14 heavy (non-hydrogen) atoms. The van der Waals surface area contributed by atoms with Crippen molar-refractivity contribution in [2.24, 2.45) is 0 Å². The number of para-hydroxylation sites is 2. The summed E-state index contributed by atoms with van der Waals surface area (Å²) in [5, 5.41) is 0. The van der Waals surface area contributed by atoms with Crippen LogP contribution in [0.1, 0.15) is 5.69 Å². The van der Waals surface area contributed by atoms with Gasteiger partial charge in [-0.1, -0.05) is 18.2 Å². The van der Waals surface area contributed by atoms with Crippen molar-refractivity contribution in [3.63, 3.8) is 0 Å². The molecule has 0 unspecified atom stereocenters. The van der Waals surface area contributed by atoms with Gasteiger partial charge < -0.3 is 0 Å². The van der Waals surface area contributed by atoms with Crippen molar-refractivity contribution in [3.05, 3.63) is 42.2 Å². The molecule has 70 valence electrons. The van der Waals surface area contributed by atoms with E-state index in [0.29, 0.717) is 5.75 Å². The van der Waals surface area contributed by atoms with Gasteiger partial charge in [0.15, 0.2) is 0 Å². The summed E-state index contributed by atoms with van der Waals surface area (Å²) in [5.41, 5.74) is 2.72. The summed E-state index contributed by atoms with van der Waals surface area (Å²) in [4.78, 5) is 8.72. The molecule has 0 saturated heterocycles. The van der Waals surface area contributed by atoms with Crippen LogP contribution in [0.4, 0.5) is 0 Å². The first-order chi connectivity index (χ1) is 6.90. The molecule has 3 heteroatoms. The zero-order valence-corrected chi connectivity index (χ0v) is 8.48. The molecule has 0 bridgehead atoms. The topological polar surface area (TPSA) is 25.8 Å². The van der Waals surface area contributed by atoms with E-state index in [1.54, 1.807) is 6.20 Å². The van der Waals surface area contributed by atoms with Crippen LogP contribution < -0.4 is 0 Å². The molecular formula is C11H10N2S. The third-order valence-electron chi connectivity index (χ3n) is 1.86. The molecule has 2 aromatic rings. The number of rotatable bonds is 2. The second kappa shape index (κ2) is 4.24. The second-order valence-electron chi connectivity index (χ2n) is 2.87. The van der Waals surface area contributed by atoms with Gasteiger partial charge in [0.2, 0.25) is 0 Å². The second-order valence-corrected chi connectivity index (χ2v) is 3.23. The molecule has 0 amide bonds. The van der Waals surface area contributed by atoms with Crippen LogP contribution in [0.15, 0.2) is 36.5 Å². The molecule has 0 spiro atoms. The van der Waals surface area contributed by atoms with Crippen LogP contribution in [0, 0.1) is 0 Å². The lowest BCUT2D eigenvalue weighted by Gasteiger charge is -1.96. The standard InChI is InChI=1S/C11H10N2S/c14-7-3-4-9-8-12-10-5-1-2-6-11(10)13-9/h1-6,8,14H,7H2. The molecule has 1 heterocycles. The maximum Gasteiger partial charge on any atom is 0.0894 e. The Morgan fingerprint density at radius 3 is 2.79 bits per heavy atom. The predicted octanol–water partition coefficient (Wildman–Crippen LogP) is 2.57. The fraction of sp³-hybridized carbons (Fsp3) is 0.0909. The molecular weight excluding hydrogens is 192 g/mol. The Morgan fingerprint density at radius 2 is 2.00 bits per heavy atom. The van der Waals surface area contributed by atoms with Crippen LogP contribution in [0.25, 0.3) is 17.1 Å². The Kier molecular flexibility index (Phi) is 2.79. The minimum Gasteiger partial charge on any atom is -0.252 e. The van der Waals surface area contributed by atoms with Gasteiger partial charge in [-0.05, 0) is 18.2 Å². The van der Waals surface area contributed by atoms with Crippen molar-refractivity contribution < 1.29 is 0 Å². The third kappa shape index (κ3) is 1.93. The van der Waals surface area contributed by atoms with Gasteiger partial charge in [0.05, 0.1) is 22.9 Å². The minimum atomic E-state index is 0.717. The highest BCUT2D eigenvalue weighted by atomic mass is 32.1. The first-order valence-corrected chi connectivity index (χ1v) is 5.02. The normalized spacial score (nSPS) is 11.2. The summed E-state index contributed by atoms with van der Waals surface area (Å²) in [6.45, 7) is 0. The van der Waals surface area contributed by atoms with Gasteiger partial charge in [0.25, 0.3) is 0 Å². The molecule has 0 N–H and O–H groups in total. The van der Waals surface area contributed by atoms with Crippen molar-refractivity contribution in [1.82, 2.24) is 9.97 Å². The van der Waals surface area contributed by atoms with Crippen molar-refractivity contribution >= 4 is 29.7 Å². The lowest BCUT2D eigenvalue weighted by Crippen LogP contribution is -1.86. The highest BCUT2D eigenvalue weighted by Crippen LogP contribution is 2.09. The molecule has 0 radical (unpaired) electrons. The average Bonchev–Trinajstić information content (AvgIpc) is 2.26. The molecule has 1 aromatic carbocycles. The highest BCUT2D eigenvalue weighted by Gasteiger charge is 1.94. The van der Waals surface area contributed by atoms with E-state index in [1.807, 2.05) is 36.4 Å². The first kappa shape index (κ1) is 9.21. The summed E-state index contributed by atoms with van der Waals surface area (Å²) in [6.07, 6.45) is 5.64. The zero-order chi connectivity index (χ0) is 9.80. The Morgan fingerprint density at radius 1 is 1.21 bits per heavy atom. The molecule has 0 saturated carbocycles. The smallest absolute Gasteiger partial charge is 0.0894 e. The largest absolute Gasteiger partial charge is 0.252 e. The average molecular weight is 202 g/mol. The maximum atomic E-state index is 4.43. The van der Waals surface area contributed by atoms with Crippen molar-refractivity contribution in [3.8, 4) is 0 Å². The number of hydrogen-bond donors (Lipinski definition) is 1. The van der Waals surface area contributed by atoms with Crippen LogP contribution in [0.5, 0.6) is 0 Å². The number of hydrogen-bond acceptors (Lipinski definition) is 3. The van der Waals surface area contributed by atoms with E-state index >= 15 is 0 Å². The first-order valence-electron chi connectivity index (χ1n) is 4.39. The predicted molar refractivity (Wildman–Crippen MR) is 62.4 cm³/mol. The van der Waals surface area contributed by atoms with E-state index in [2.05, 4.69) is 22.6 Å². The molecule has 2 nitrogen and oxygen atoms in total. The number of benzene rings is 1. The molecule has 0 atom stereocenters. The van der Waals surface area contributed by atoms with Gasteiger partial charge in [0, 0.05) is 5.75 Å². The van der Waals surface area contributed by atoms with Crippen LogP contribution in [0.3, 0.4) is 0 Å². The van der Waals surface area contributed by atoms with Gasteiger partial charge in [0.1, 0.15) is 0 Å². The summed E-state index contributed by atoms with van der Waals surface area (Å²) in [7, 11) is 0. The van der Waals surface area contributed by atoms with Crippen LogP contribution in [0.2, 0.25) is 0 Å². The lowest BCUT2D eigenvalue weighted by atomic mass is 10.3. The summed E-state index contributed by atoms with van der Waals surface area (Å²) >= 11 is 4.09. The fourth-order valence-corrected chi connectivity index (χ4v) is 1.33.